The molecule has 1 aromatic heterocycles. The van der Waals surface area contributed by atoms with Crippen molar-refractivity contribution in [3.63, 3.8) is 0 Å². The van der Waals surface area contributed by atoms with Gasteiger partial charge in [-0.1, -0.05) is 41.8 Å². The molecule has 1 unspecified atom stereocenters. The zero-order chi connectivity index (χ0) is 12.7. The maximum atomic E-state index is 11.0. The number of thioether (sulfide) groups is 2. The van der Waals surface area contributed by atoms with Crippen LogP contribution in [0.3, 0.4) is 0 Å². The van der Waals surface area contributed by atoms with Crippen LogP contribution in [0.25, 0.3) is 0 Å². The highest BCUT2D eigenvalue weighted by molar-refractivity contribution is 8.03. The molecule has 17 heavy (non-hydrogen) atoms. The molecule has 0 aromatic carbocycles. The van der Waals surface area contributed by atoms with Gasteiger partial charge in [0, 0.05) is 5.75 Å². The van der Waals surface area contributed by atoms with Crippen LogP contribution in [0.4, 0.5) is 0 Å². The van der Waals surface area contributed by atoms with Crippen molar-refractivity contribution in [2.75, 3.05) is 18.6 Å². The summed E-state index contributed by atoms with van der Waals surface area (Å²) < 4.78 is 1.72. The Morgan fingerprint density at radius 2 is 2.24 bits per heavy atom. The molecular formula is C9H15N3O2S3. The summed E-state index contributed by atoms with van der Waals surface area (Å²) in [5, 5.41) is 20.0. The predicted octanol–water partition coefficient (Wildman–Crippen LogP) is 1.80. The van der Waals surface area contributed by atoms with Gasteiger partial charge in [-0.3, -0.25) is 4.79 Å². The van der Waals surface area contributed by atoms with E-state index in [-0.39, 0.29) is 0 Å². The van der Waals surface area contributed by atoms with Crippen LogP contribution in [0.1, 0.15) is 13.3 Å². The fourth-order valence-electron chi connectivity index (χ4n) is 1.03. The molecule has 0 fully saturated rings. The molecular weight excluding hydrogens is 278 g/mol. The van der Waals surface area contributed by atoms with E-state index >= 15 is 0 Å². The second-order valence-corrected chi connectivity index (χ2v) is 6.49. The summed E-state index contributed by atoms with van der Waals surface area (Å²) in [5.74, 6) is -0.348. The van der Waals surface area contributed by atoms with E-state index < -0.39 is 12.0 Å². The summed E-state index contributed by atoms with van der Waals surface area (Å²) in [6, 6.07) is -0.526. The van der Waals surface area contributed by atoms with Crippen molar-refractivity contribution in [3.8, 4) is 0 Å². The molecule has 96 valence electrons. The molecule has 5 nitrogen and oxygen atoms in total. The Morgan fingerprint density at radius 3 is 2.76 bits per heavy atom. The Kier molecular flexibility index (Phi) is 6.86. The number of hydrogen-bond donors (Lipinski definition) is 2. The molecule has 0 aliphatic rings. The minimum absolute atomic E-state index is 0.471. The number of rotatable bonds is 8. The summed E-state index contributed by atoms with van der Waals surface area (Å²) in [5.41, 5.74) is 0. The van der Waals surface area contributed by atoms with Crippen LogP contribution in [0, 0.1) is 0 Å². The summed E-state index contributed by atoms with van der Waals surface area (Å²) in [6.07, 6.45) is 2.86. The summed E-state index contributed by atoms with van der Waals surface area (Å²) in [4.78, 5) is 11.0. The number of nitrogens with one attached hydrogen (secondary N) is 1. The van der Waals surface area contributed by atoms with Gasteiger partial charge in [-0.15, -0.1) is 10.2 Å². The van der Waals surface area contributed by atoms with E-state index in [9.17, 15) is 4.79 Å². The fraction of sp³-hybridized carbons (Fsp3) is 0.667. The first-order chi connectivity index (χ1) is 8.17. The van der Waals surface area contributed by atoms with Crippen molar-refractivity contribution < 1.29 is 9.90 Å². The van der Waals surface area contributed by atoms with Gasteiger partial charge in [0.25, 0.3) is 0 Å². The van der Waals surface area contributed by atoms with Crippen LogP contribution in [-0.4, -0.2) is 45.9 Å². The van der Waals surface area contributed by atoms with Gasteiger partial charge in [0.1, 0.15) is 6.04 Å². The van der Waals surface area contributed by atoms with E-state index in [1.807, 2.05) is 13.2 Å². The lowest BCUT2D eigenvalue weighted by molar-refractivity contribution is -0.138. The lowest BCUT2D eigenvalue weighted by atomic mass is 10.3. The van der Waals surface area contributed by atoms with Gasteiger partial charge in [0.15, 0.2) is 8.68 Å². The van der Waals surface area contributed by atoms with Crippen molar-refractivity contribution in [2.45, 2.75) is 28.1 Å². The van der Waals surface area contributed by atoms with Gasteiger partial charge in [-0.25, -0.2) is 0 Å². The molecule has 1 aromatic rings. The Morgan fingerprint density at radius 1 is 1.53 bits per heavy atom. The zero-order valence-corrected chi connectivity index (χ0v) is 12.1. The van der Waals surface area contributed by atoms with E-state index in [0.29, 0.717) is 12.3 Å². The van der Waals surface area contributed by atoms with Crippen LogP contribution >= 0.6 is 34.9 Å². The summed E-state index contributed by atoms with van der Waals surface area (Å²) >= 11 is 4.47. The molecule has 0 amide bonds. The third kappa shape index (κ3) is 5.24. The van der Waals surface area contributed by atoms with Gasteiger partial charge < -0.3 is 10.4 Å². The average Bonchev–Trinajstić information content (AvgIpc) is 2.76. The molecule has 0 saturated heterocycles. The highest BCUT2D eigenvalue weighted by Crippen LogP contribution is 2.27. The maximum Gasteiger partial charge on any atom is 0.321 e. The minimum Gasteiger partial charge on any atom is -0.480 e. The van der Waals surface area contributed by atoms with Crippen LogP contribution in [0.5, 0.6) is 0 Å². The first kappa shape index (κ1) is 14.7. The lowest BCUT2D eigenvalue weighted by Gasteiger charge is -2.11. The molecule has 1 atom stereocenters. The minimum atomic E-state index is -0.819. The second-order valence-electron chi connectivity index (χ2n) is 3.19. The lowest BCUT2D eigenvalue weighted by Crippen LogP contribution is -2.39. The van der Waals surface area contributed by atoms with Gasteiger partial charge in [-0.05, 0) is 19.2 Å². The zero-order valence-electron chi connectivity index (χ0n) is 9.67. The molecule has 2 N–H and O–H groups in total. The van der Waals surface area contributed by atoms with Crippen molar-refractivity contribution in [1.82, 2.24) is 15.5 Å². The second kappa shape index (κ2) is 7.91. The summed E-state index contributed by atoms with van der Waals surface area (Å²) in [6.45, 7) is 2.72. The number of aromatic nitrogens is 2. The molecule has 0 saturated carbocycles. The van der Waals surface area contributed by atoms with Crippen molar-refractivity contribution >= 4 is 40.8 Å². The van der Waals surface area contributed by atoms with Gasteiger partial charge >= 0.3 is 5.97 Å². The first-order valence-electron chi connectivity index (χ1n) is 5.13. The Labute approximate surface area is 113 Å². The molecule has 0 spiro atoms. The quantitative estimate of drug-likeness (QED) is 0.708. The number of hydrogen-bond acceptors (Lipinski definition) is 7. The summed E-state index contributed by atoms with van der Waals surface area (Å²) in [7, 11) is 0. The van der Waals surface area contributed by atoms with Crippen LogP contribution in [-0.2, 0) is 4.79 Å². The number of carbonyl (C=O) groups is 1. The Bertz CT molecular complexity index is 359. The third-order valence-electron chi connectivity index (χ3n) is 1.87. The van der Waals surface area contributed by atoms with Gasteiger partial charge in [0.05, 0.1) is 0 Å². The van der Waals surface area contributed by atoms with E-state index in [4.69, 9.17) is 5.11 Å². The largest absolute Gasteiger partial charge is 0.480 e. The van der Waals surface area contributed by atoms with E-state index in [2.05, 4.69) is 15.5 Å². The van der Waals surface area contributed by atoms with Crippen molar-refractivity contribution in [1.29, 1.82) is 0 Å². The van der Waals surface area contributed by atoms with Crippen molar-refractivity contribution in [2.24, 2.45) is 0 Å². The molecule has 0 aliphatic carbocycles. The Hall–Kier alpha value is -0.310. The molecule has 1 heterocycles. The third-order valence-corrected chi connectivity index (χ3v) is 5.00. The topological polar surface area (TPSA) is 75.1 Å². The normalized spacial score (nSPS) is 12.6. The predicted molar refractivity (Wildman–Crippen MR) is 72.1 cm³/mol. The number of aliphatic carboxylic acids is 1. The first-order valence-corrected chi connectivity index (χ1v) is 8.16. The van der Waals surface area contributed by atoms with E-state index in [0.717, 1.165) is 15.1 Å². The number of nitrogens with zero attached hydrogens (tertiary/aromatic N) is 2. The van der Waals surface area contributed by atoms with Gasteiger partial charge in [-0.2, -0.15) is 0 Å². The molecule has 0 bridgehead atoms. The van der Waals surface area contributed by atoms with Crippen molar-refractivity contribution in [3.05, 3.63) is 0 Å². The molecule has 1 rings (SSSR count). The SMILES string of the molecule is CCCNC(CSc1nnc(SC)s1)C(=O)O. The van der Waals surface area contributed by atoms with Crippen LogP contribution in [0.15, 0.2) is 8.68 Å². The number of carboxylic acid groups (broad SMARTS) is 1. The van der Waals surface area contributed by atoms with Crippen LogP contribution in [0.2, 0.25) is 0 Å². The molecule has 0 radical (unpaired) electrons. The Balaban J connectivity index is 2.42. The smallest absolute Gasteiger partial charge is 0.321 e. The average molecular weight is 293 g/mol. The molecule has 0 aliphatic heterocycles. The highest BCUT2D eigenvalue weighted by Gasteiger charge is 2.17. The standard InChI is InChI=1S/C9H15N3O2S3/c1-3-4-10-6(7(13)14)5-16-9-12-11-8(15-2)17-9/h6,10H,3-5H2,1-2H3,(H,13,14). The monoisotopic (exact) mass is 293 g/mol. The number of carboxylic acids is 1. The van der Waals surface area contributed by atoms with E-state index in [1.165, 1.54) is 23.1 Å². The van der Waals surface area contributed by atoms with E-state index in [1.54, 1.807) is 11.8 Å². The van der Waals surface area contributed by atoms with Gasteiger partial charge in [0.2, 0.25) is 0 Å². The highest BCUT2D eigenvalue weighted by atomic mass is 32.2. The van der Waals surface area contributed by atoms with Crippen LogP contribution < -0.4 is 5.32 Å². The molecule has 8 heteroatoms. The maximum absolute atomic E-state index is 11.0. The fourth-order valence-corrected chi connectivity index (χ4v) is 3.54.